The fourth-order valence-electron chi connectivity index (χ4n) is 3.71. The Hall–Kier alpha value is -2.87. The van der Waals surface area contributed by atoms with E-state index in [-0.39, 0.29) is 5.91 Å². The summed E-state index contributed by atoms with van der Waals surface area (Å²) in [6.07, 6.45) is 6.80. The molecule has 1 amide bonds. The number of piperidine rings is 1. The second kappa shape index (κ2) is 9.30. The highest BCUT2D eigenvalue weighted by Crippen LogP contribution is 2.30. The molecular weight excluding hydrogens is 398 g/mol. The van der Waals surface area contributed by atoms with Gasteiger partial charge >= 0.3 is 0 Å². The molecule has 0 radical (unpaired) electrons. The molecule has 0 unspecified atom stereocenters. The highest BCUT2D eigenvalue weighted by molar-refractivity contribution is 7.99. The average molecular weight is 424 g/mol. The van der Waals surface area contributed by atoms with Crippen LogP contribution in [-0.4, -0.2) is 56.0 Å². The van der Waals surface area contributed by atoms with Crippen molar-refractivity contribution in [1.82, 2.24) is 24.6 Å². The summed E-state index contributed by atoms with van der Waals surface area (Å²) in [5.74, 6) is 1.93. The summed E-state index contributed by atoms with van der Waals surface area (Å²) >= 11 is 1.42. The topological polar surface area (TPSA) is 73.1 Å². The third kappa shape index (κ3) is 4.33. The molecule has 3 aromatic rings. The van der Waals surface area contributed by atoms with Gasteiger partial charge in [-0.3, -0.25) is 14.3 Å². The van der Waals surface area contributed by atoms with E-state index < -0.39 is 0 Å². The summed E-state index contributed by atoms with van der Waals surface area (Å²) in [5.41, 5.74) is 1.79. The number of amides is 1. The molecule has 0 aliphatic carbocycles. The lowest BCUT2D eigenvalue weighted by molar-refractivity contribution is -0.131. The van der Waals surface area contributed by atoms with Crippen molar-refractivity contribution >= 4 is 17.7 Å². The largest absolute Gasteiger partial charge is 0.497 e. The van der Waals surface area contributed by atoms with E-state index in [1.807, 2.05) is 45.9 Å². The minimum absolute atomic E-state index is 0.151. The Balaban J connectivity index is 1.64. The van der Waals surface area contributed by atoms with E-state index in [1.54, 1.807) is 19.5 Å². The lowest BCUT2D eigenvalue weighted by atomic mass is 10.0. The van der Waals surface area contributed by atoms with Gasteiger partial charge in [-0.05, 0) is 50.5 Å². The third-order valence-corrected chi connectivity index (χ3v) is 6.25. The summed E-state index contributed by atoms with van der Waals surface area (Å²) in [7, 11) is 1.64. The van der Waals surface area contributed by atoms with E-state index in [9.17, 15) is 4.79 Å². The molecule has 1 saturated heterocycles. The van der Waals surface area contributed by atoms with Crippen LogP contribution in [0.4, 0.5) is 0 Å². The van der Waals surface area contributed by atoms with Crippen molar-refractivity contribution in [2.24, 2.45) is 0 Å². The Morgan fingerprint density at radius 3 is 2.80 bits per heavy atom. The van der Waals surface area contributed by atoms with Gasteiger partial charge in [-0.15, -0.1) is 10.2 Å². The SMILES string of the molecule is COc1cccc(-n2c(SCC(=O)N3CCCC[C@H]3C)nnc2-c2ccncc2)c1. The molecule has 0 N–H and O–H groups in total. The molecule has 0 spiro atoms. The van der Waals surface area contributed by atoms with Gasteiger partial charge in [0.15, 0.2) is 11.0 Å². The first-order valence-electron chi connectivity index (χ1n) is 10.1. The van der Waals surface area contributed by atoms with Crippen molar-refractivity contribution in [2.45, 2.75) is 37.4 Å². The molecule has 4 rings (SSSR count). The van der Waals surface area contributed by atoms with E-state index in [1.165, 1.54) is 18.2 Å². The quantitative estimate of drug-likeness (QED) is 0.561. The molecule has 1 aliphatic heterocycles. The number of benzene rings is 1. The highest BCUT2D eigenvalue weighted by Gasteiger charge is 2.24. The van der Waals surface area contributed by atoms with Crippen LogP contribution < -0.4 is 4.74 Å². The molecule has 0 bridgehead atoms. The van der Waals surface area contributed by atoms with Crippen molar-refractivity contribution in [2.75, 3.05) is 19.4 Å². The first-order valence-corrected chi connectivity index (χ1v) is 11.1. The predicted octanol–water partition coefficient (Wildman–Crippen LogP) is 3.83. The number of thioether (sulfide) groups is 1. The Morgan fingerprint density at radius 1 is 1.20 bits per heavy atom. The Bertz CT molecular complexity index is 1010. The number of nitrogens with zero attached hydrogens (tertiary/aromatic N) is 5. The van der Waals surface area contributed by atoms with Gasteiger partial charge < -0.3 is 9.64 Å². The molecular formula is C22H25N5O2S. The molecule has 0 saturated carbocycles. The molecule has 1 fully saturated rings. The Kier molecular flexibility index (Phi) is 6.32. The van der Waals surface area contributed by atoms with E-state index in [0.29, 0.717) is 22.8 Å². The molecule has 7 nitrogen and oxygen atoms in total. The summed E-state index contributed by atoms with van der Waals surface area (Å²) in [4.78, 5) is 18.9. The van der Waals surface area contributed by atoms with Gasteiger partial charge in [0.25, 0.3) is 0 Å². The van der Waals surface area contributed by atoms with Crippen molar-refractivity contribution < 1.29 is 9.53 Å². The molecule has 30 heavy (non-hydrogen) atoms. The van der Waals surface area contributed by atoms with Crippen LogP contribution in [0.3, 0.4) is 0 Å². The molecule has 1 aliphatic rings. The fourth-order valence-corrected chi connectivity index (χ4v) is 4.55. The first kappa shape index (κ1) is 20.4. The van der Waals surface area contributed by atoms with E-state index in [4.69, 9.17) is 4.74 Å². The Morgan fingerprint density at radius 2 is 2.03 bits per heavy atom. The zero-order valence-electron chi connectivity index (χ0n) is 17.2. The van der Waals surface area contributed by atoms with Crippen LogP contribution in [0.5, 0.6) is 5.75 Å². The van der Waals surface area contributed by atoms with Crippen LogP contribution in [-0.2, 0) is 4.79 Å². The number of carbonyl (C=O) groups excluding carboxylic acids is 1. The first-order chi connectivity index (χ1) is 14.7. The van der Waals surface area contributed by atoms with Crippen molar-refractivity contribution in [3.8, 4) is 22.8 Å². The van der Waals surface area contributed by atoms with Gasteiger partial charge in [-0.2, -0.15) is 0 Å². The van der Waals surface area contributed by atoms with E-state index >= 15 is 0 Å². The lowest BCUT2D eigenvalue weighted by Crippen LogP contribution is -2.42. The maximum atomic E-state index is 12.8. The number of aromatic nitrogens is 4. The monoisotopic (exact) mass is 423 g/mol. The fraction of sp³-hybridized carbons (Fsp3) is 0.364. The predicted molar refractivity (Wildman–Crippen MR) is 117 cm³/mol. The number of ether oxygens (including phenoxy) is 1. The zero-order valence-corrected chi connectivity index (χ0v) is 18.0. The minimum Gasteiger partial charge on any atom is -0.497 e. The number of likely N-dealkylation sites (tertiary alicyclic amines) is 1. The average Bonchev–Trinajstić information content (AvgIpc) is 3.22. The standard InChI is InChI=1S/C22H25N5O2S/c1-16-6-3-4-13-26(16)20(28)15-30-22-25-24-21(17-9-11-23-12-10-17)27(22)18-7-5-8-19(14-18)29-2/h5,7-12,14,16H,3-4,6,13,15H2,1-2H3/t16-/m1/s1. The summed E-state index contributed by atoms with van der Waals surface area (Å²) in [6.45, 7) is 2.97. The van der Waals surface area contributed by atoms with Crippen molar-refractivity contribution in [1.29, 1.82) is 0 Å². The molecule has 1 aromatic carbocycles. The van der Waals surface area contributed by atoms with Gasteiger partial charge in [0, 0.05) is 36.6 Å². The number of pyridine rings is 1. The van der Waals surface area contributed by atoms with Crippen molar-refractivity contribution in [3.63, 3.8) is 0 Å². The number of hydrogen-bond donors (Lipinski definition) is 0. The zero-order chi connectivity index (χ0) is 20.9. The van der Waals surface area contributed by atoms with Gasteiger partial charge in [-0.25, -0.2) is 0 Å². The van der Waals surface area contributed by atoms with Crippen LogP contribution >= 0.6 is 11.8 Å². The van der Waals surface area contributed by atoms with E-state index in [2.05, 4.69) is 22.1 Å². The van der Waals surface area contributed by atoms with Gasteiger partial charge in [-0.1, -0.05) is 17.8 Å². The van der Waals surface area contributed by atoms with Crippen molar-refractivity contribution in [3.05, 3.63) is 48.8 Å². The van der Waals surface area contributed by atoms with Crippen LogP contribution in [0.2, 0.25) is 0 Å². The highest BCUT2D eigenvalue weighted by atomic mass is 32.2. The van der Waals surface area contributed by atoms with Crippen LogP contribution in [0.25, 0.3) is 17.1 Å². The van der Waals surface area contributed by atoms with Crippen LogP contribution in [0.1, 0.15) is 26.2 Å². The molecule has 2 aromatic heterocycles. The molecule has 8 heteroatoms. The Labute approximate surface area is 180 Å². The minimum atomic E-state index is 0.151. The molecule has 3 heterocycles. The molecule has 156 valence electrons. The second-order valence-electron chi connectivity index (χ2n) is 7.30. The van der Waals surface area contributed by atoms with Gasteiger partial charge in [0.2, 0.25) is 5.91 Å². The number of hydrogen-bond acceptors (Lipinski definition) is 6. The normalized spacial score (nSPS) is 16.5. The molecule has 1 atom stereocenters. The van der Waals surface area contributed by atoms with Crippen LogP contribution in [0.15, 0.2) is 53.9 Å². The summed E-state index contributed by atoms with van der Waals surface area (Å²) in [5, 5.41) is 9.50. The smallest absolute Gasteiger partial charge is 0.233 e. The van der Waals surface area contributed by atoms with Gasteiger partial charge in [0.1, 0.15) is 5.75 Å². The summed E-state index contributed by atoms with van der Waals surface area (Å²) in [6, 6.07) is 11.8. The number of carbonyl (C=O) groups is 1. The third-order valence-electron chi connectivity index (χ3n) is 5.33. The maximum Gasteiger partial charge on any atom is 0.233 e. The van der Waals surface area contributed by atoms with Gasteiger partial charge in [0.05, 0.1) is 18.6 Å². The lowest BCUT2D eigenvalue weighted by Gasteiger charge is -2.33. The number of methoxy groups -OCH3 is 1. The second-order valence-corrected chi connectivity index (χ2v) is 8.24. The van der Waals surface area contributed by atoms with E-state index in [0.717, 1.165) is 36.4 Å². The number of rotatable bonds is 6. The maximum absolute atomic E-state index is 12.8. The van der Waals surface area contributed by atoms with Crippen LogP contribution in [0, 0.1) is 0 Å². The summed E-state index contributed by atoms with van der Waals surface area (Å²) < 4.78 is 7.36.